The van der Waals surface area contributed by atoms with Crippen molar-refractivity contribution in [2.24, 2.45) is 5.92 Å². The maximum absolute atomic E-state index is 9.64. The second-order valence-corrected chi connectivity index (χ2v) is 5.86. The van der Waals surface area contributed by atoms with E-state index in [4.69, 9.17) is 0 Å². The fraction of sp³-hybridized carbons (Fsp3) is 0.368. The summed E-state index contributed by atoms with van der Waals surface area (Å²) in [5.74, 6) is 0.291. The van der Waals surface area contributed by atoms with Gasteiger partial charge >= 0.3 is 0 Å². The highest BCUT2D eigenvalue weighted by atomic mass is 16.3. The molecule has 0 aliphatic carbocycles. The van der Waals surface area contributed by atoms with Gasteiger partial charge in [-0.3, -0.25) is 0 Å². The molecule has 0 amide bonds. The summed E-state index contributed by atoms with van der Waals surface area (Å²) in [6.07, 6.45) is 1.87. The van der Waals surface area contributed by atoms with Gasteiger partial charge < -0.3 is 5.11 Å². The predicted molar refractivity (Wildman–Crippen MR) is 85.1 cm³/mol. The van der Waals surface area contributed by atoms with Gasteiger partial charge in [0, 0.05) is 6.61 Å². The van der Waals surface area contributed by atoms with Crippen LogP contribution in [0.1, 0.15) is 27.8 Å². The van der Waals surface area contributed by atoms with Crippen molar-refractivity contribution in [3.8, 4) is 0 Å². The monoisotopic (exact) mass is 268 g/mol. The van der Waals surface area contributed by atoms with Gasteiger partial charge in [-0.1, -0.05) is 48.0 Å². The van der Waals surface area contributed by atoms with E-state index in [-0.39, 0.29) is 6.61 Å². The molecule has 0 spiro atoms. The van der Waals surface area contributed by atoms with Crippen molar-refractivity contribution in [1.82, 2.24) is 0 Å². The molecule has 1 unspecified atom stereocenters. The van der Waals surface area contributed by atoms with Crippen LogP contribution in [0.15, 0.2) is 42.5 Å². The Hall–Kier alpha value is -1.60. The van der Waals surface area contributed by atoms with Crippen LogP contribution >= 0.6 is 0 Å². The second kappa shape index (κ2) is 6.71. The first-order chi connectivity index (χ1) is 9.58. The maximum atomic E-state index is 9.64. The minimum Gasteiger partial charge on any atom is -0.396 e. The Kier molecular flexibility index (Phi) is 4.97. The molecule has 0 aliphatic heterocycles. The number of hydrogen-bond donors (Lipinski definition) is 1. The van der Waals surface area contributed by atoms with Gasteiger partial charge in [0.2, 0.25) is 0 Å². The molecule has 20 heavy (non-hydrogen) atoms. The van der Waals surface area contributed by atoms with E-state index in [9.17, 15) is 5.11 Å². The van der Waals surface area contributed by atoms with Crippen molar-refractivity contribution in [1.29, 1.82) is 0 Å². The Morgan fingerprint density at radius 1 is 0.850 bits per heavy atom. The Bertz CT molecular complexity index is 572. The third kappa shape index (κ3) is 3.94. The van der Waals surface area contributed by atoms with Crippen molar-refractivity contribution >= 4 is 0 Å². The molecular formula is C19H24O. The lowest BCUT2D eigenvalue weighted by molar-refractivity contribution is 0.225. The van der Waals surface area contributed by atoms with E-state index in [1.54, 1.807) is 0 Å². The fourth-order valence-corrected chi connectivity index (χ4v) is 2.64. The highest BCUT2D eigenvalue weighted by molar-refractivity contribution is 5.30. The zero-order valence-corrected chi connectivity index (χ0v) is 12.7. The van der Waals surface area contributed by atoms with E-state index in [1.807, 2.05) is 0 Å². The lowest BCUT2D eigenvalue weighted by Gasteiger charge is -2.15. The van der Waals surface area contributed by atoms with Crippen LogP contribution in [-0.2, 0) is 12.8 Å². The average molecular weight is 268 g/mol. The first kappa shape index (κ1) is 14.8. The van der Waals surface area contributed by atoms with Gasteiger partial charge in [-0.2, -0.15) is 0 Å². The van der Waals surface area contributed by atoms with Gasteiger partial charge in [0.25, 0.3) is 0 Å². The summed E-state index contributed by atoms with van der Waals surface area (Å²) in [4.78, 5) is 0. The van der Waals surface area contributed by atoms with Crippen LogP contribution in [-0.4, -0.2) is 11.7 Å². The lowest BCUT2D eigenvalue weighted by atomic mass is 9.91. The molecule has 2 rings (SSSR count). The van der Waals surface area contributed by atoms with E-state index in [1.165, 1.54) is 27.8 Å². The van der Waals surface area contributed by atoms with Crippen molar-refractivity contribution < 1.29 is 5.11 Å². The molecule has 2 aromatic carbocycles. The molecule has 0 radical (unpaired) electrons. The van der Waals surface area contributed by atoms with Crippen LogP contribution in [0.4, 0.5) is 0 Å². The number of benzene rings is 2. The number of aryl methyl sites for hydroxylation is 3. The summed E-state index contributed by atoms with van der Waals surface area (Å²) in [6.45, 7) is 6.63. The zero-order chi connectivity index (χ0) is 14.5. The molecule has 106 valence electrons. The minimum atomic E-state index is 0.237. The molecule has 1 N–H and O–H groups in total. The second-order valence-electron chi connectivity index (χ2n) is 5.86. The molecule has 0 aromatic heterocycles. The van der Waals surface area contributed by atoms with E-state index in [0.29, 0.717) is 5.92 Å². The van der Waals surface area contributed by atoms with Gasteiger partial charge in [-0.05, 0) is 61.8 Å². The number of hydrogen-bond acceptors (Lipinski definition) is 1. The molecule has 1 atom stereocenters. The van der Waals surface area contributed by atoms with Crippen LogP contribution in [0.3, 0.4) is 0 Å². The summed E-state index contributed by atoms with van der Waals surface area (Å²) in [5.41, 5.74) is 6.57. The van der Waals surface area contributed by atoms with E-state index < -0.39 is 0 Å². The molecule has 0 aliphatic rings. The Labute approximate surface area is 122 Å². The van der Waals surface area contributed by atoms with E-state index in [2.05, 4.69) is 63.2 Å². The van der Waals surface area contributed by atoms with Gasteiger partial charge in [-0.25, -0.2) is 0 Å². The fourth-order valence-electron chi connectivity index (χ4n) is 2.64. The summed E-state index contributed by atoms with van der Waals surface area (Å²) in [5, 5.41) is 9.64. The topological polar surface area (TPSA) is 20.2 Å². The third-order valence-corrected chi connectivity index (χ3v) is 3.96. The first-order valence-corrected chi connectivity index (χ1v) is 7.31. The minimum absolute atomic E-state index is 0.237. The number of aliphatic hydroxyl groups is 1. The van der Waals surface area contributed by atoms with Crippen LogP contribution in [0.5, 0.6) is 0 Å². The number of rotatable bonds is 5. The van der Waals surface area contributed by atoms with Crippen LogP contribution < -0.4 is 0 Å². The largest absolute Gasteiger partial charge is 0.396 e. The zero-order valence-electron chi connectivity index (χ0n) is 12.7. The van der Waals surface area contributed by atoms with E-state index in [0.717, 1.165) is 12.8 Å². The molecule has 2 aromatic rings. The highest BCUT2D eigenvalue weighted by Gasteiger charge is 2.10. The first-order valence-electron chi connectivity index (χ1n) is 7.31. The lowest BCUT2D eigenvalue weighted by Crippen LogP contribution is -2.13. The summed E-state index contributed by atoms with van der Waals surface area (Å²) < 4.78 is 0. The number of aliphatic hydroxyl groups excluding tert-OH is 1. The molecule has 0 saturated carbocycles. The van der Waals surface area contributed by atoms with Gasteiger partial charge in [0.05, 0.1) is 0 Å². The summed E-state index contributed by atoms with van der Waals surface area (Å²) in [6, 6.07) is 15.2. The molecule has 0 fully saturated rings. The molecule has 0 bridgehead atoms. The quantitative estimate of drug-likeness (QED) is 0.869. The smallest absolute Gasteiger partial charge is 0.0465 e. The normalized spacial score (nSPS) is 12.4. The summed E-state index contributed by atoms with van der Waals surface area (Å²) in [7, 11) is 0. The van der Waals surface area contributed by atoms with E-state index >= 15 is 0 Å². The van der Waals surface area contributed by atoms with Crippen molar-refractivity contribution in [3.63, 3.8) is 0 Å². The molecule has 0 saturated heterocycles. The molecular weight excluding hydrogens is 244 g/mol. The van der Waals surface area contributed by atoms with Crippen LogP contribution in [0.2, 0.25) is 0 Å². The third-order valence-electron chi connectivity index (χ3n) is 3.96. The molecule has 1 nitrogen and oxygen atoms in total. The molecule has 0 heterocycles. The Morgan fingerprint density at radius 3 is 2.15 bits per heavy atom. The predicted octanol–water partition coefficient (Wildman–Crippen LogP) is 4.01. The SMILES string of the molecule is Cc1cccc(CC(CO)Cc2ccc(C)c(C)c2)c1. The van der Waals surface area contributed by atoms with Crippen LogP contribution in [0.25, 0.3) is 0 Å². The van der Waals surface area contributed by atoms with Crippen LogP contribution in [0, 0.1) is 26.7 Å². The summed E-state index contributed by atoms with van der Waals surface area (Å²) >= 11 is 0. The highest BCUT2D eigenvalue weighted by Crippen LogP contribution is 2.17. The van der Waals surface area contributed by atoms with Gasteiger partial charge in [0.1, 0.15) is 0 Å². The van der Waals surface area contributed by atoms with Gasteiger partial charge in [0.15, 0.2) is 0 Å². The van der Waals surface area contributed by atoms with Crippen molar-refractivity contribution in [2.45, 2.75) is 33.6 Å². The Morgan fingerprint density at radius 2 is 1.55 bits per heavy atom. The Balaban J connectivity index is 2.07. The molecule has 1 heteroatoms. The van der Waals surface area contributed by atoms with Crippen molar-refractivity contribution in [2.75, 3.05) is 6.61 Å². The standard InChI is InChI=1S/C19H24O/c1-14-5-4-6-17(9-14)11-19(13-20)12-18-8-7-15(2)16(3)10-18/h4-10,19-20H,11-13H2,1-3H3. The van der Waals surface area contributed by atoms with Crippen molar-refractivity contribution in [3.05, 3.63) is 70.3 Å². The van der Waals surface area contributed by atoms with Gasteiger partial charge in [-0.15, -0.1) is 0 Å². The maximum Gasteiger partial charge on any atom is 0.0465 e. The average Bonchev–Trinajstić information content (AvgIpc) is 2.42.